The van der Waals surface area contributed by atoms with Crippen LogP contribution < -0.4 is 29.6 Å². The molecule has 0 amide bonds. The molecule has 0 rings (SSSR count). The van der Waals surface area contributed by atoms with Crippen molar-refractivity contribution in [2.24, 2.45) is 11.8 Å². The average Bonchev–Trinajstić information content (AvgIpc) is 2.38. The summed E-state index contributed by atoms with van der Waals surface area (Å²) in [6.07, 6.45) is 7.17. The molecule has 120 valence electrons. The Balaban J connectivity index is -0.000000295. The molecule has 0 saturated carbocycles. The Kier molecular flexibility index (Phi) is 22.2. The van der Waals surface area contributed by atoms with Gasteiger partial charge in [-0.25, -0.2) is 0 Å². The van der Waals surface area contributed by atoms with Crippen LogP contribution in [0.1, 0.15) is 79.1 Å². The molecule has 4 nitrogen and oxygen atoms in total. The van der Waals surface area contributed by atoms with E-state index < -0.39 is 11.9 Å². The average molecular weight is 311 g/mol. The SMILES string of the molecule is CCCC(CCC)C(=O)O.CCCC(CCC)C(=O)O.[Na+]. The van der Waals surface area contributed by atoms with Crippen molar-refractivity contribution in [1.29, 1.82) is 0 Å². The summed E-state index contributed by atoms with van der Waals surface area (Å²) in [6, 6.07) is 0. The van der Waals surface area contributed by atoms with Crippen LogP contribution in [0.25, 0.3) is 0 Å². The number of hydrogen-bond donors (Lipinski definition) is 2. The second-order valence-electron chi connectivity index (χ2n) is 5.23. The molecule has 0 aliphatic heterocycles. The molecule has 5 heteroatoms. The fraction of sp³-hybridized carbons (Fsp3) is 0.875. The standard InChI is InChI=1S/2C8H16O2.Na/c2*1-3-5-7(6-4-2)8(9)10;/h2*7H,3-6H2,1-2H3,(H,9,10);/q;;+1. The first-order chi connectivity index (χ1) is 9.44. The number of hydrogen-bond acceptors (Lipinski definition) is 2. The summed E-state index contributed by atoms with van der Waals surface area (Å²) in [5, 5.41) is 17.3. The summed E-state index contributed by atoms with van der Waals surface area (Å²) >= 11 is 0. The van der Waals surface area contributed by atoms with Crippen molar-refractivity contribution in [1.82, 2.24) is 0 Å². The van der Waals surface area contributed by atoms with Gasteiger partial charge in [0.1, 0.15) is 0 Å². The van der Waals surface area contributed by atoms with Crippen LogP contribution in [0.3, 0.4) is 0 Å². The van der Waals surface area contributed by atoms with Crippen molar-refractivity contribution in [3.05, 3.63) is 0 Å². The minimum Gasteiger partial charge on any atom is -0.481 e. The minimum atomic E-state index is -0.635. The van der Waals surface area contributed by atoms with Crippen molar-refractivity contribution < 1.29 is 49.4 Å². The Hall–Kier alpha value is -0.0600. The largest absolute Gasteiger partial charge is 1.00 e. The summed E-state index contributed by atoms with van der Waals surface area (Å²) < 4.78 is 0. The zero-order chi connectivity index (χ0) is 16.0. The van der Waals surface area contributed by atoms with E-state index in [1.165, 1.54) is 0 Å². The molecule has 0 aromatic heterocycles. The topological polar surface area (TPSA) is 74.6 Å². The van der Waals surface area contributed by atoms with Crippen molar-refractivity contribution >= 4 is 11.9 Å². The maximum atomic E-state index is 10.5. The van der Waals surface area contributed by atoms with Gasteiger partial charge in [-0.3, -0.25) is 9.59 Å². The zero-order valence-corrected chi connectivity index (χ0v) is 16.5. The van der Waals surface area contributed by atoms with Gasteiger partial charge in [0.2, 0.25) is 0 Å². The van der Waals surface area contributed by atoms with Gasteiger partial charge in [0.25, 0.3) is 0 Å². The maximum Gasteiger partial charge on any atom is 1.00 e. The second kappa shape index (κ2) is 18.0. The van der Waals surface area contributed by atoms with Crippen molar-refractivity contribution in [2.45, 2.75) is 79.1 Å². The molecule has 0 radical (unpaired) electrons. The molecule has 0 aliphatic rings. The Bertz CT molecular complexity index is 219. The number of carboxylic acid groups (broad SMARTS) is 2. The van der Waals surface area contributed by atoms with Crippen LogP contribution >= 0.6 is 0 Å². The van der Waals surface area contributed by atoms with E-state index in [0.29, 0.717) is 0 Å². The first-order valence-corrected chi connectivity index (χ1v) is 7.89. The molecule has 0 unspecified atom stereocenters. The Morgan fingerprint density at radius 2 is 0.857 bits per heavy atom. The molecular formula is C16H32NaO4+. The van der Waals surface area contributed by atoms with Crippen LogP contribution in [0.4, 0.5) is 0 Å². The third kappa shape index (κ3) is 16.1. The molecule has 0 heterocycles. The van der Waals surface area contributed by atoms with Gasteiger partial charge in [-0.05, 0) is 25.7 Å². The molecule has 0 saturated heterocycles. The predicted molar refractivity (Wildman–Crippen MR) is 81.9 cm³/mol. The third-order valence-corrected chi connectivity index (χ3v) is 3.25. The molecule has 0 aromatic carbocycles. The molecule has 2 N–H and O–H groups in total. The van der Waals surface area contributed by atoms with Crippen LogP contribution in [-0.2, 0) is 9.59 Å². The molecule has 0 atom stereocenters. The first-order valence-electron chi connectivity index (χ1n) is 7.89. The normalized spacial score (nSPS) is 9.81. The molecule has 0 aliphatic carbocycles. The molecular weight excluding hydrogens is 279 g/mol. The molecule has 0 fully saturated rings. The van der Waals surface area contributed by atoms with Crippen LogP contribution in [-0.4, -0.2) is 22.2 Å². The zero-order valence-electron chi connectivity index (χ0n) is 14.5. The summed E-state index contributed by atoms with van der Waals surface area (Å²) in [7, 11) is 0. The summed E-state index contributed by atoms with van der Waals surface area (Å²) in [5.74, 6) is -1.47. The molecule has 0 spiro atoms. The maximum absolute atomic E-state index is 10.5. The number of carbonyl (C=O) groups is 2. The van der Waals surface area contributed by atoms with E-state index in [0.717, 1.165) is 51.4 Å². The smallest absolute Gasteiger partial charge is 0.481 e. The molecule has 21 heavy (non-hydrogen) atoms. The van der Waals surface area contributed by atoms with E-state index in [1.54, 1.807) is 0 Å². The van der Waals surface area contributed by atoms with Gasteiger partial charge in [0.15, 0.2) is 0 Å². The number of carboxylic acids is 2. The molecule has 0 bridgehead atoms. The molecule has 0 aromatic rings. The van der Waals surface area contributed by atoms with E-state index in [1.807, 2.05) is 27.7 Å². The summed E-state index contributed by atoms with van der Waals surface area (Å²) in [4.78, 5) is 21.0. The van der Waals surface area contributed by atoms with E-state index >= 15 is 0 Å². The van der Waals surface area contributed by atoms with E-state index in [9.17, 15) is 9.59 Å². The van der Waals surface area contributed by atoms with Crippen molar-refractivity contribution in [3.8, 4) is 0 Å². The fourth-order valence-corrected chi connectivity index (χ4v) is 2.18. The van der Waals surface area contributed by atoms with E-state index in [-0.39, 0.29) is 41.4 Å². The van der Waals surface area contributed by atoms with Crippen LogP contribution in [0.15, 0.2) is 0 Å². The quantitative estimate of drug-likeness (QED) is 0.601. The third-order valence-electron chi connectivity index (χ3n) is 3.25. The Labute approximate surface area is 152 Å². The van der Waals surface area contributed by atoms with Gasteiger partial charge in [0.05, 0.1) is 11.8 Å². The van der Waals surface area contributed by atoms with Gasteiger partial charge in [-0.1, -0.05) is 53.4 Å². The monoisotopic (exact) mass is 311 g/mol. The minimum absolute atomic E-state index is 0. The fourth-order valence-electron chi connectivity index (χ4n) is 2.18. The Morgan fingerprint density at radius 3 is 0.952 bits per heavy atom. The van der Waals surface area contributed by atoms with Gasteiger partial charge < -0.3 is 10.2 Å². The number of rotatable bonds is 10. The summed E-state index contributed by atoms with van der Waals surface area (Å²) in [6.45, 7) is 8.08. The van der Waals surface area contributed by atoms with Crippen LogP contribution in [0.5, 0.6) is 0 Å². The van der Waals surface area contributed by atoms with Crippen molar-refractivity contribution in [3.63, 3.8) is 0 Å². The van der Waals surface area contributed by atoms with Gasteiger partial charge in [-0.15, -0.1) is 0 Å². The predicted octanol–water partition coefficient (Wildman–Crippen LogP) is 1.58. The number of aliphatic carboxylic acids is 2. The summed E-state index contributed by atoms with van der Waals surface area (Å²) in [5.41, 5.74) is 0. The van der Waals surface area contributed by atoms with Crippen LogP contribution in [0, 0.1) is 11.8 Å². The second-order valence-corrected chi connectivity index (χ2v) is 5.23. The van der Waals surface area contributed by atoms with Gasteiger partial charge >= 0.3 is 41.5 Å². The van der Waals surface area contributed by atoms with Crippen molar-refractivity contribution in [2.75, 3.05) is 0 Å². The van der Waals surface area contributed by atoms with E-state index in [4.69, 9.17) is 10.2 Å². The Morgan fingerprint density at radius 1 is 0.667 bits per heavy atom. The van der Waals surface area contributed by atoms with Crippen LogP contribution in [0.2, 0.25) is 0 Å². The first kappa shape index (κ1) is 25.9. The van der Waals surface area contributed by atoms with Gasteiger partial charge in [0, 0.05) is 0 Å². The van der Waals surface area contributed by atoms with E-state index in [2.05, 4.69) is 0 Å². The van der Waals surface area contributed by atoms with Gasteiger partial charge in [-0.2, -0.15) is 0 Å².